The zero-order valence-electron chi connectivity index (χ0n) is 6.95. The summed E-state index contributed by atoms with van der Waals surface area (Å²) < 4.78 is 36.5. The maximum atomic E-state index is 12.2. The van der Waals surface area contributed by atoms with Crippen molar-refractivity contribution in [1.29, 1.82) is 0 Å². The third-order valence-electron chi connectivity index (χ3n) is 1.45. The molecule has 0 atom stereocenters. The lowest BCUT2D eigenvalue weighted by atomic mass is 10.2. The minimum atomic E-state index is -4.40. The van der Waals surface area contributed by atoms with E-state index in [1.165, 1.54) is 12.3 Å². The number of pyridine rings is 1. The summed E-state index contributed by atoms with van der Waals surface area (Å²) in [5.41, 5.74) is -0.586. The molecule has 0 aromatic carbocycles. The van der Waals surface area contributed by atoms with Gasteiger partial charge in [0.15, 0.2) is 0 Å². The number of halogens is 3. The van der Waals surface area contributed by atoms with Crippen molar-refractivity contribution in [2.45, 2.75) is 6.18 Å². The fraction of sp³-hybridized carbons (Fsp3) is 0.111. The second kappa shape index (κ2) is 4.04. The molecule has 0 aliphatic rings. The van der Waals surface area contributed by atoms with Crippen molar-refractivity contribution in [2.24, 2.45) is 0 Å². The van der Waals surface area contributed by atoms with Crippen LogP contribution in [0.2, 0.25) is 0 Å². The highest BCUT2D eigenvalue weighted by Gasteiger charge is 2.30. The first-order valence-corrected chi connectivity index (χ1v) is 3.68. The van der Waals surface area contributed by atoms with E-state index in [1.54, 1.807) is 0 Å². The smallest absolute Gasteiger partial charge is 0.299 e. The van der Waals surface area contributed by atoms with Gasteiger partial charge in [-0.2, -0.15) is 13.2 Å². The molecule has 0 unspecified atom stereocenters. The third kappa shape index (κ3) is 2.69. The van der Waals surface area contributed by atoms with Crippen LogP contribution < -0.4 is 0 Å². The van der Waals surface area contributed by atoms with E-state index in [4.69, 9.17) is 0 Å². The number of alkyl halides is 3. The second-order valence-corrected chi connectivity index (χ2v) is 2.50. The molecule has 1 aromatic rings. The van der Waals surface area contributed by atoms with Crippen molar-refractivity contribution in [2.75, 3.05) is 0 Å². The lowest BCUT2D eigenvalue weighted by Gasteiger charge is -2.05. The number of rotatable bonds is 2. The number of carbonyl (C=O) groups excluding carboxylic acids is 1. The Hall–Kier alpha value is -1.65. The molecule has 5 heteroatoms. The highest BCUT2D eigenvalue weighted by atomic mass is 19.4. The summed E-state index contributed by atoms with van der Waals surface area (Å²) in [5.74, 6) is 0. The van der Waals surface area contributed by atoms with E-state index in [0.29, 0.717) is 6.29 Å². The first-order valence-electron chi connectivity index (χ1n) is 3.68. The predicted molar refractivity (Wildman–Crippen MR) is 44.3 cm³/mol. The summed E-state index contributed by atoms with van der Waals surface area (Å²) in [6, 6.07) is 0.924. The molecule has 0 spiro atoms. The lowest BCUT2D eigenvalue weighted by molar-refractivity contribution is -0.137. The Bertz CT molecular complexity index is 357. The van der Waals surface area contributed by atoms with Gasteiger partial charge in [-0.1, -0.05) is 6.08 Å². The normalized spacial score (nSPS) is 11.9. The number of hydrogen-bond donors (Lipinski definition) is 0. The average Bonchev–Trinajstić information content (AvgIpc) is 2.14. The van der Waals surface area contributed by atoms with Gasteiger partial charge in [0.05, 0.1) is 5.56 Å². The fourth-order valence-electron chi connectivity index (χ4n) is 0.854. The number of hydrogen-bond acceptors (Lipinski definition) is 2. The van der Waals surface area contributed by atoms with Crippen LogP contribution in [0.4, 0.5) is 13.2 Å². The van der Waals surface area contributed by atoms with Crippen LogP contribution in [0, 0.1) is 0 Å². The van der Waals surface area contributed by atoms with Gasteiger partial charge in [-0.05, 0) is 17.7 Å². The Balaban J connectivity index is 3.01. The van der Waals surface area contributed by atoms with Gasteiger partial charge in [0.2, 0.25) is 0 Å². The van der Waals surface area contributed by atoms with Crippen molar-refractivity contribution in [3.63, 3.8) is 0 Å². The van der Waals surface area contributed by atoms with E-state index >= 15 is 0 Å². The molecule has 1 aromatic heterocycles. The Labute approximate surface area is 78.1 Å². The van der Waals surface area contributed by atoms with Gasteiger partial charge in [0.1, 0.15) is 6.29 Å². The van der Waals surface area contributed by atoms with Gasteiger partial charge >= 0.3 is 6.18 Å². The molecule has 0 aliphatic carbocycles. The van der Waals surface area contributed by atoms with Gasteiger partial charge < -0.3 is 0 Å². The summed E-state index contributed by atoms with van der Waals surface area (Å²) in [5, 5.41) is 0. The molecular weight excluding hydrogens is 195 g/mol. The Morgan fingerprint density at radius 1 is 1.29 bits per heavy atom. The van der Waals surface area contributed by atoms with Crippen molar-refractivity contribution in [3.05, 3.63) is 35.7 Å². The minimum Gasteiger partial charge on any atom is -0.299 e. The number of allylic oxidation sites excluding steroid dienone is 1. The fourth-order valence-corrected chi connectivity index (χ4v) is 0.854. The highest BCUT2D eigenvalue weighted by molar-refractivity contribution is 5.73. The molecule has 0 amide bonds. The summed E-state index contributed by atoms with van der Waals surface area (Å²) >= 11 is 0. The van der Waals surface area contributed by atoms with Crippen LogP contribution in [-0.2, 0) is 11.0 Å². The zero-order valence-corrected chi connectivity index (χ0v) is 6.95. The van der Waals surface area contributed by atoms with E-state index in [0.717, 1.165) is 18.3 Å². The van der Waals surface area contributed by atoms with Crippen LogP contribution in [0.15, 0.2) is 24.5 Å². The number of carbonyl (C=O) groups is 1. The third-order valence-corrected chi connectivity index (χ3v) is 1.45. The van der Waals surface area contributed by atoms with Crippen molar-refractivity contribution >= 4 is 12.4 Å². The van der Waals surface area contributed by atoms with Crippen molar-refractivity contribution in [1.82, 2.24) is 4.98 Å². The van der Waals surface area contributed by atoms with Crippen LogP contribution in [0.1, 0.15) is 11.1 Å². The Morgan fingerprint density at radius 2 is 2.00 bits per heavy atom. The van der Waals surface area contributed by atoms with Crippen LogP contribution >= 0.6 is 0 Å². The van der Waals surface area contributed by atoms with E-state index in [1.807, 2.05) is 0 Å². The van der Waals surface area contributed by atoms with Crippen LogP contribution in [0.3, 0.4) is 0 Å². The van der Waals surface area contributed by atoms with Crippen LogP contribution in [-0.4, -0.2) is 11.3 Å². The van der Waals surface area contributed by atoms with E-state index in [2.05, 4.69) is 4.98 Å². The molecule has 0 bridgehead atoms. The molecule has 0 radical (unpaired) electrons. The predicted octanol–water partition coefficient (Wildman–Crippen LogP) is 2.31. The average molecular weight is 201 g/mol. The molecule has 1 heterocycles. The first kappa shape index (κ1) is 10.4. The standard InChI is InChI=1S/C9H6F3NO/c10-9(11,12)8-4-7(2-1-3-14)5-13-6-8/h1-6H. The molecule has 0 aliphatic heterocycles. The largest absolute Gasteiger partial charge is 0.417 e. The van der Waals surface area contributed by atoms with Gasteiger partial charge in [-0.15, -0.1) is 0 Å². The van der Waals surface area contributed by atoms with E-state index in [-0.39, 0.29) is 5.56 Å². The maximum absolute atomic E-state index is 12.2. The minimum absolute atomic E-state index is 0.243. The van der Waals surface area contributed by atoms with E-state index < -0.39 is 11.7 Å². The molecule has 2 nitrogen and oxygen atoms in total. The van der Waals surface area contributed by atoms with Crippen molar-refractivity contribution in [3.8, 4) is 0 Å². The molecule has 0 N–H and O–H groups in total. The van der Waals surface area contributed by atoms with Crippen LogP contribution in [0.5, 0.6) is 0 Å². The summed E-state index contributed by atoms with van der Waals surface area (Å²) in [7, 11) is 0. The zero-order chi connectivity index (χ0) is 10.6. The second-order valence-electron chi connectivity index (χ2n) is 2.50. The first-order chi connectivity index (χ1) is 6.54. The quantitative estimate of drug-likeness (QED) is 0.542. The van der Waals surface area contributed by atoms with Crippen LogP contribution in [0.25, 0.3) is 6.08 Å². The van der Waals surface area contributed by atoms with Gasteiger partial charge in [0.25, 0.3) is 0 Å². The molecule has 1 rings (SSSR count). The van der Waals surface area contributed by atoms with Crippen molar-refractivity contribution < 1.29 is 18.0 Å². The van der Waals surface area contributed by atoms with Gasteiger partial charge in [-0.25, -0.2) is 0 Å². The lowest BCUT2D eigenvalue weighted by Crippen LogP contribution is -2.05. The number of nitrogens with zero attached hydrogens (tertiary/aromatic N) is 1. The highest BCUT2D eigenvalue weighted by Crippen LogP contribution is 2.28. The van der Waals surface area contributed by atoms with Gasteiger partial charge in [-0.3, -0.25) is 9.78 Å². The molecule has 74 valence electrons. The topological polar surface area (TPSA) is 30.0 Å². The Kier molecular flexibility index (Phi) is 3.01. The summed E-state index contributed by atoms with van der Waals surface area (Å²) in [6.07, 6.45) is 0.429. The van der Waals surface area contributed by atoms with E-state index in [9.17, 15) is 18.0 Å². The SMILES string of the molecule is O=CC=Cc1cncc(C(F)(F)F)c1. The number of aromatic nitrogens is 1. The number of aldehydes is 1. The monoisotopic (exact) mass is 201 g/mol. The summed E-state index contributed by atoms with van der Waals surface area (Å²) in [6.45, 7) is 0. The molecule has 0 saturated carbocycles. The Morgan fingerprint density at radius 3 is 2.57 bits per heavy atom. The molecular formula is C9H6F3NO. The molecule has 0 saturated heterocycles. The molecule has 0 fully saturated rings. The molecule has 14 heavy (non-hydrogen) atoms. The summed E-state index contributed by atoms with van der Waals surface area (Å²) in [4.78, 5) is 13.3. The van der Waals surface area contributed by atoms with Gasteiger partial charge in [0, 0.05) is 12.4 Å². The maximum Gasteiger partial charge on any atom is 0.417 e.